The average molecular weight is 435 g/mol. The van der Waals surface area contributed by atoms with E-state index in [9.17, 15) is 19.2 Å². The highest BCUT2D eigenvalue weighted by Gasteiger charge is 2.43. The van der Waals surface area contributed by atoms with Crippen molar-refractivity contribution in [3.8, 4) is 17.2 Å². The predicted octanol–water partition coefficient (Wildman–Crippen LogP) is 2.93. The maximum atomic E-state index is 14.8. The minimum atomic E-state index is -0.792. The Bertz CT molecular complexity index is 1050. The molecular weight excluding hydrogens is 407 g/mol. The summed E-state index contributed by atoms with van der Waals surface area (Å²) < 4.78 is 14.8. The van der Waals surface area contributed by atoms with Gasteiger partial charge in [0.2, 0.25) is 5.91 Å². The molecule has 4 rings (SSSR count). The van der Waals surface area contributed by atoms with E-state index in [4.69, 9.17) is 0 Å². The van der Waals surface area contributed by atoms with Crippen LogP contribution >= 0.6 is 0 Å². The van der Waals surface area contributed by atoms with Crippen LogP contribution in [-0.4, -0.2) is 36.5 Å². The molecule has 4 atom stereocenters. The number of amides is 2. The van der Waals surface area contributed by atoms with Crippen molar-refractivity contribution in [2.24, 2.45) is 5.92 Å². The zero-order valence-corrected chi connectivity index (χ0v) is 18.0. The molecule has 7 heteroatoms. The molecule has 2 bridgehead atoms. The van der Waals surface area contributed by atoms with E-state index in [1.807, 2.05) is 6.92 Å². The van der Waals surface area contributed by atoms with E-state index in [1.165, 1.54) is 6.07 Å². The molecule has 2 aromatic rings. The molecule has 2 aromatic carbocycles. The first-order valence-electron chi connectivity index (χ1n) is 11.1. The van der Waals surface area contributed by atoms with Crippen molar-refractivity contribution in [2.45, 2.75) is 50.7 Å². The second-order valence-corrected chi connectivity index (χ2v) is 8.55. The predicted molar refractivity (Wildman–Crippen MR) is 119 cm³/mol. The van der Waals surface area contributed by atoms with Gasteiger partial charge < -0.3 is 16.0 Å². The largest absolute Gasteiger partial charge is 0.352 e. The van der Waals surface area contributed by atoms with Crippen LogP contribution < -0.4 is 16.0 Å². The van der Waals surface area contributed by atoms with E-state index in [1.54, 1.807) is 36.4 Å². The Morgan fingerprint density at radius 1 is 1.19 bits per heavy atom. The van der Waals surface area contributed by atoms with E-state index in [-0.39, 0.29) is 24.3 Å². The van der Waals surface area contributed by atoms with E-state index in [2.05, 4.69) is 22.0 Å². The van der Waals surface area contributed by atoms with Crippen LogP contribution in [-0.2, 0) is 11.2 Å². The Morgan fingerprint density at radius 2 is 1.94 bits per heavy atom. The van der Waals surface area contributed by atoms with Crippen molar-refractivity contribution in [2.75, 3.05) is 6.54 Å². The number of rotatable bonds is 7. The zero-order chi connectivity index (χ0) is 22.7. The summed E-state index contributed by atoms with van der Waals surface area (Å²) in [4.78, 5) is 24.5. The molecule has 0 radical (unpaired) electrons. The van der Waals surface area contributed by atoms with Crippen molar-refractivity contribution >= 4 is 11.8 Å². The van der Waals surface area contributed by atoms with Gasteiger partial charge in [-0.2, -0.15) is 5.26 Å². The smallest absolute Gasteiger partial charge is 0.251 e. The molecule has 1 heterocycles. The van der Waals surface area contributed by atoms with Gasteiger partial charge in [-0.1, -0.05) is 24.3 Å². The quantitative estimate of drug-likeness (QED) is 0.625. The van der Waals surface area contributed by atoms with E-state index >= 15 is 0 Å². The zero-order valence-electron chi connectivity index (χ0n) is 18.0. The van der Waals surface area contributed by atoms with Crippen LogP contribution in [0.15, 0.2) is 42.5 Å². The topological polar surface area (TPSA) is 94.0 Å². The van der Waals surface area contributed by atoms with E-state index in [0.717, 1.165) is 24.8 Å². The number of nitriles is 1. The fraction of sp³-hybridized carbons (Fsp3) is 0.400. The average Bonchev–Trinajstić information content (AvgIpc) is 3.44. The lowest BCUT2D eigenvalue weighted by Crippen LogP contribution is -2.50. The molecule has 166 valence electrons. The van der Waals surface area contributed by atoms with Gasteiger partial charge in [-0.3, -0.25) is 9.59 Å². The van der Waals surface area contributed by atoms with Crippen LogP contribution in [0.25, 0.3) is 11.1 Å². The summed E-state index contributed by atoms with van der Waals surface area (Å²) in [7, 11) is 0. The molecule has 2 fully saturated rings. The van der Waals surface area contributed by atoms with Gasteiger partial charge in [-0.15, -0.1) is 0 Å². The van der Waals surface area contributed by atoms with Crippen LogP contribution in [0.4, 0.5) is 4.39 Å². The fourth-order valence-electron chi connectivity index (χ4n) is 4.73. The highest BCUT2D eigenvalue weighted by atomic mass is 19.1. The summed E-state index contributed by atoms with van der Waals surface area (Å²) in [6.45, 7) is 2.41. The molecule has 2 amide bonds. The van der Waals surface area contributed by atoms with Gasteiger partial charge in [0.05, 0.1) is 12.1 Å². The third-order valence-electron chi connectivity index (χ3n) is 6.41. The summed E-state index contributed by atoms with van der Waals surface area (Å²) in [6.07, 6.45) is 3.25. The van der Waals surface area contributed by atoms with Gasteiger partial charge in [0.25, 0.3) is 5.91 Å². The number of carbonyl (C=O) groups excluding carboxylic acids is 2. The first-order chi connectivity index (χ1) is 15.5. The molecule has 0 unspecified atom stereocenters. The lowest BCUT2D eigenvalue weighted by molar-refractivity contribution is -0.124. The van der Waals surface area contributed by atoms with Gasteiger partial charge in [0.15, 0.2) is 0 Å². The molecule has 6 nitrogen and oxygen atoms in total. The van der Waals surface area contributed by atoms with Crippen molar-refractivity contribution in [3.05, 3.63) is 59.4 Å². The summed E-state index contributed by atoms with van der Waals surface area (Å²) in [6, 6.07) is 13.3. The SMILES string of the molecule is CCNC(=O)c1ccc(-c2ccc(C[C@@H](C#N)NC(=O)[C@H]3N[C@@H]4CC[C@H]3C4)c(F)c2)cc1. The lowest BCUT2D eigenvalue weighted by atomic mass is 9.97. The number of carbonyl (C=O) groups is 2. The van der Waals surface area contributed by atoms with Gasteiger partial charge in [0.1, 0.15) is 11.9 Å². The number of fused-ring (bicyclic) bond motifs is 2. The van der Waals surface area contributed by atoms with Crippen LogP contribution in [0.2, 0.25) is 0 Å². The first kappa shape index (κ1) is 22.0. The Balaban J connectivity index is 1.40. The van der Waals surface area contributed by atoms with Gasteiger partial charge >= 0.3 is 0 Å². The van der Waals surface area contributed by atoms with E-state index in [0.29, 0.717) is 35.2 Å². The Kier molecular flexibility index (Phi) is 6.52. The van der Waals surface area contributed by atoms with Gasteiger partial charge in [-0.05, 0) is 67.0 Å². The van der Waals surface area contributed by atoms with Crippen LogP contribution in [0.5, 0.6) is 0 Å². The minimum absolute atomic E-state index is 0.102. The van der Waals surface area contributed by atoms with E-state index < -0.39 is 11.9 Å². The molecular formula is C25H27FN4O2. The Hall–Kier alpha value is -3.24. The molecule has 3 N–H and O–H groups in total. The first-order valence-corrected chi connectivity index (χ1v) is 11.1. The fourth-order valence-corrected chi connectivity index (χ4v) is 4.73. The molecule has 0 spiro atoms. The highest BCUT2D eigenvalue weighted by Crippen LogP contribution is 2.35. The number of nitrogens with zero attached hydrogens (tertiary/aromatic N) is 1. The molecule has 32 heavy (non-hydrogen) atoms. The lowest BCUT2D eigenvalue weighted by Gasteiger charge is -2.23. The normalized spacial score (nSPS) is 22.2. The molecule has 1 saturated carbocycles. The van der Waals surface area contributed by atoms with Crippen molar-refractivity contribution in [1.82, 2.24) is 16.0 Å². The highest BCUT2D eigenvalue weighted by molar-refractivity contribution is 5.94. The maximum Gasteiger partial charge on any atom is 0.251 e. The summed E-state index contributed by atoms with van der Waals surface area (Å²) in [5, 5.41) is 18.3. The Morgan fingerprint density at radius 3 is 2.53 bits per heavy atom. The Labute approximate surface area is 187 Å². The third-order valence-corrected chi connectivity index (χ3v) is 6.41. The number of nitrogens with one attached hydrogen (secondary N) is 3. The van der Waals surface area contributed by atoms with Crippen molar-refractivity contribution in [1.29, 1.82) is 5.26 Å². The van der Waals surface area contributed by atoms with Crippen LogP contribution in [0.1, 0.15) is 42.1 Å². The number of hydrogen-bond acceptors (Lipinski definition) is 4. The third kappa shape index (κ3) is 4.66. The molecule has 2 aliphatic rings. The second-order valence-electron chi connectivity index (χ2n) is 8.55. The van der Waals surface area contributed by atoms with Crippen LogP contribution in [0.3, 0.4) is 0 Å². The number of halogens is 1. The van der Waals surface area contributed by atoms with Gasteiger partial charge in [0, 0.05) is 24.6 Å². The summed E-state index contributed by atoms with van der Waals surface area (Å²) in [5.41, 5.74) is 2.39. The minimum Gasteiger partial charge on any atom is -0.352 e. The maximum absolute atomic E-state index is 14.8. The van der Waals surface area contributed by atoms with Crippen molar-refractivity contribution < 1.29 is 14.0 Å². The molecule has 1 aliphatic heterocycles. The number of benzene rings is 2. The molecule has 1 aliphatic carbocycles. The molecule has 0 aromatic heterocycles. The van der Waals surface area contributed by atoms with Crippen molar-refractivity contribution in [3.63, 3.8) is 0 Å². The summed E-state index contributed by atoms with van der Waals surface area (Å²) in [5.74, 6) is -0.420. The number of piperidine rings is 1. The van der Waals surface area contributed by atoms with Gasteiger partial charge in [-0.25, -0.2) is 4.39 Å². The molecule has 1 saturated heterocycles. The number of hydrogen-bond donors (Lipinski definition) is 3. The van der Waals surface area contributed by atoms with Crippen LogP contribution in [0, 0.1) is 23.1 Å². The standard InChI is InChI=1S/C25H27FN4O2/c1-2-28-24(31)16-5-3-15(4-6-16)17-7-8-18(22(26)13-17)11-21(14-27)30-25(32)23-19-9-10-20(12-19)29-23/h3-8,13,19-21,23,29H,2,9-12H2,1H3,(H,28,31)(H,30,32)/t19-,20+,21-,23-/m0/s1. The second kappa shape index (κ2) is 9.49. The summed E-state index contributed by atoms with van der Waals surface area (Å²) >= 11 is 0. The monoisotopic (exact) mass is 434 g/mol.